The summed E-state index contributed by atoms with van der Waals surface area (Å²) in [5.41, 5.74) is 3.04. The second kappa shape index (κ2) is 17.3. The van der Waals surface area contributed by atoms with Crippen molar-refractivity contribution in [2.45, 2.75) is 48.9 Å². The Morgan fingerprint density at radius 3 is 2.09 bits per heavy atom. The van der Waals surface area contributed by atoms with E-state index in [1.165, 1.54) is 0 Å². The highest BCUT2D eigenvalue weighted by Crippen LogP contribution is 2.43. The van der Waals surface area contributed by atoms with Crippen LogP contribution in [0.5, 0.6) is 0 Å². The molecule has 9 N–H and O–H groups in total. The zero-order valence-corrected chi connectivity index (χ0v) is 25.2. The maximum absolute atomic E-state index is 12.3. The van der Waals surface area contributed by atoms with Gasteiger partial charge in [-0.3, -0.25) is 9.78 Å². The van der Waals surface area contributed by atoms with Crippen molar-refractivity contribution in [2.24, 2.45) is 0 Å². The van der Waals surface area contributed by atoms with Crippen molar-refractivity contribution < 1.29 is 35.4 Å². The average molecular weight is 632 g/mol. The molecule has 2 heterocycles. The maximum atomic E-state index is 12.3. The number of pyridine rings is 2. The molecular formula is C34H41N5O7. The van der Waals surface area contributed by atoms with E-state index in [2.05, 4.69) is 25.9 Å². The van der Waals surface area contributed by atoms with Crippen molar-refractivity contribution in [1.29, 1.82) is 0 Å². The molecule has 7 unspecified atom stereocenters. The Kier molecular flexibility index (Phi) is 13.0. The number of aliphatic hydroxyl groups is 6. The van der Waals surface area contributed by atoms with Gasteiger partial charge in [-0.1, -0.05) is 60.7 Å². The summed E-state index contributed by atoms with van der Waals surface area (Å²) in [4.78, 5) is 21.4. The third kappa shape index (κ3) is 9.07. The summed E-state index contributed by atoms with van der Waals surface area (Å²) >= 11 is 0. The zero-order valence-electron chi connectivity index (χ0n) is 25.2. The lowest BCUT2D eigenvalue weighted by Crippen LogP contribution is -2.51. The fraction of sp³-hybridized carbons (Fsp3) is 0.324. The number of aromatic nitrogens is 2. The molecule has 12 nitrogen and oxygen atoms in total. The molecule has 0 bridgehead atoms. The Morgan fingerprint density at radius 2 is 1.41 bits per heavy atom. The Bertz CT molecular complexity index is 1470. The fourth-order valence-corrected chi connectivity index (χ4v) is 5.15. The molecule has 0 aliphatic heterocycles. The highest BCUT2D eigenvalue weighted by molar-refractivity contribution is 5.81. The van der Waals surface area contributed by atoms with Crippen LogP contribution in [0.1, 0.15) is 41.3 Å². The summed E-state index contributed by atoms with van der Waals surface area (Å²) < 4.78 is 0. The lowest BCUT2D eigenvalue weighted by molar-refractivity contribution is -0.148. The molecule has 0 radical (unpaired) electrons. The molecule has 0 spiro atoms. The molecule has 4 rings (SSSR count). The van der Waals surface area contributed by atoms with E-state index in [0.29, 0.717) is 24.5 Å². The Labute approximate surface area is 267 Å². The number of anilines is 2. The van der Waals surface area contributed by atoms with Gasteiger partial charge in [-0.05, 0) is 47.9 Å². The number of para-hydroxylation sites is 1. The molecule has 46 heavy (non-hydrogen) atoms. The first-order chi connectivity index (χ1) is 22.3. The standard InChI is InChI=1S/C34H41N5O7/c40-21-26(41)31(43)32(44)33(45)34(46)38-20-10-19-35-24-14-5-4-13-23(24)29(39-27-16-7-9-18-37-27)28(25-15-6-8-17-36-25)30(42)22-11-2-1-3-12-22/h1-9,11-18,26,28-33,35,40-45H,10,19-21H2,(H,37,39)(H,38,46). The van der Waals surface area contributed by atoms with Gasteiger partial charge < -0.3 is 46.6 Å². The van der Waals surface area contributed by atoms with Crippen molar-refractivity contribution in [3.8, 4) is 0 Å². The molecule has 0 aliphatic rings. The highest BCUT2D eigenvalue weighted by Gasteiger charge is 2.35. The number of nitrogens with zero attached hydrogens (tertiary/aromatic N) is 2. The second-order valence-corrected chi connectivity index (χ2v) is 10.8. The van der Waals surface area contributed by atoms with Crippen molar-refractivity contribution in [2.75, 3.05) is 30.3 Å². The minimum absolute atomic E-state index is 0.134. The van der Waals surface area contributed by atoms with E-state index in [-0.39, 0.29) is 6.54 Å². The Balaban J connectivity index is 1.53. The van der Waals surface area contributed by atoms with Gasteiger partial charge in [0.15, 0.2) is 6.10 Å². The van der Waals surface area contributed by atoms with E-state index >= 15 is 0 Å². The summed E-state index contributed by atoms with van der Waals surface area (Å²) in [6.07, 6.45) is -4.69. The number of benzene rings is 2. The molecule has 0 fully saturated rings. The molecular weight excluding hydrogens is 590 g/mol. The summed E-state index contributed by atoms with van der Waals surface area (Å²) in [5.74, 6) is -0.853. The van der Waals surface area contributed by atoms with Gasteiger partial charge in [0.25, 0.3) is 5.91 Å². The van der Waals surface area contributed by atoms with Crippen LogP contribution in [0.2, 0.25) is 0 Å². The number of carbonyl (C=O) groups is 1. The Morgan fingerprint density at radius 1 is 0.739 bits per heavy atom. The molecule has 12 heteroatoms. The minimum atomic E-state index is -2.00. The van der Waals surface area contributed by atoms with E-state index in [0.717, 1.165) is 16.8 Å². The molecule has 7 atom stereocenters. The van der Waals surface area contributed by atoms with E-state index in [9.17, 15) is 30.3 Å². The normalized spacial score (nSPS) is 15.9. The van der Waals surface area contributed by atoms with Crippen LogP contribution in [-0.4, -0.2) is 90.6 Å². The van der Waals surface area contributed by atoms with Crippen LogP contribution in [0.15, 0.2) is 103 Å². The smallest absolute Gasteiger partial charge is 0.251 e. The quantitative estimate of drug-likeness (QED) is 0.0765. The van der Waals surface area contributed by atoms with Crippen molar-refractivity contribution in [3.05, 3.63) is 120 Å². The van der Waals surface area contributed by atoms with Crippen LogP contribution in [0.4, 0.5) is 11.5 Å². The van der Waals surface area contributed by atoms with Gasteiger partial charge in [0, 0.05) is 36.9 Å². The van der Waals surface area contributed by atoms with Crippen molar-refractivity contribution in [1.82, 2.24) is 15.3 Å². The van der Waals surface area contributed by atoms with Gasteiger partial charge in [-0.25, -0.2) is 4.98 Å². The summed E-state index contributed by atoms with van der Waals surface area (Å²) in [6.45, 7) is -0.297. The molecule has 0 saturated carbocycles. The largest absolute Gasteiger partial charge is 0.394 e. The molecule has 0 aliphatic carbocycles. The van der Waals surface area contributed by atoms with Crippen LogP contribution in [0, 0.1) is 0 Å². The van der Waals surface area contributed by atoms with Crippen LogP contribution in [0.3, 0.4) is 0 Å². The summed E-state index contributed by atoms with van der Waals surface area (Å²) in [5, 5.41) is 69.5. The van der Waals surface area contributed by atoms with E-state index in [1.54, 1.807) is 12.4 Å². The molecule has 2 aromatic carbocycles. The third-order valence-electron chi connectivity index (χ3n) is 7.63. The van der Waals surface area contributed by atoms with E-state index < -0.39 is 55.0 Å². The van der Waals surface area contributed by atoms with E-state index in [1.807, 2.05) is 91.0 Å². The predicted molar refractivity (Wildman–Crippen MR) is 173 cm³/mol. The second-order valence-electron chi connectivity index (χ2n) is 10.8. The van der Waals surface area contributed by atoms with Crippen LogP contribution in [0.25, 0.3) is 0 Å². The van der Waals surface area contributed by atoms with Gasteiger partial charge in [-0.2, -0.15) is 0 Å². The highest BCUT2D eigenvalue weighted by atomic mass is 16.4. The van der Waals surface area contributed by atoms with Gasteiger partial charge in [0.05, 0.1) is 24.7 Å². The monoisotopic (exact) mass is 631 g/mol. The number of amides is 1. The lowest BCUT2D eigenvalue weighted by Gasteiger charge is -2.33. The number of rotatable bonds is 17. The van der Waals surface area contributed by atoms with Gasteiger partial charge in [0.2, 0.25) is 0 Å². The van der Waals surface area contributed by atoms with Crippen LogP contribution in [-0.2, 0) is 4.79 Å². The maximum Gasteiger partial charge on any atom is 0.251 e. The summed E-state index contributed by atoms with van der Waals surface area (Å²) in [7, 11) is 0. The minimum Gasteiger partial charge on any atom is -0.394 e. The molecule has 244 valence electrons. The number of hydrogen-bond acceptors (Lipinski definition) is 11. The van der Waals surface area contributed by atoms with E-state index in [4.69, 9.17) is 5.11 Å². The molecule has 2 aromatic heterocycles. The average Bonchev–Trinajstić information content (AvgIpc) is 3.11. The van der Waals surface area contributed by atoms with Crippen molar-refractivity contribution in [3.63, 3.8) is 0 Å². The van der Waals surface area contributed by atoms with Crippen LogP contribution < -0.4 is 16.0 Å². The van der Waals surface area contributed by atoms with Crippen LogP contribution >= 0.6 is 0 Å². The number of hydrogen-bond donors (Lipinski definition) is 9. The Hall–Kier alpha value is -4.43. The number of aliphatic hydroxyl groups excluding tert-OH is 6. The number of carbonyl (C=O) groups excluding carboxylic acids is 1. The zero-order chi connectivity index (χ0) is 32.9. The molecule has 1 amide bonds. The molecule has 0 saturated heterocycles. The molecule has 4 aromatic rings. The first-order valence-corrected chi connectivity index (χ1v) is 15.1. The topological polar surface area (TPSA) is 200 Å². The predicted octanol–water partition coefficient (Wildman–Crippen LogP) is 1.50. The van der Waals surface area contributed by atoms with Crippen molar-refractivity contribution >= 4 is 17.4 Å². The third-order valence-corrected chi connectivity index (χ3v) is 7.63. The first-order valence-electron chi connectivity index (χ1n) is 15.1. The summed E-state index contributed by atoms with van der Waals surface area (Å²) in [6, 6.07) is 27.7. The SMILES string of the molecule is O=C(NCCCNc1ccccc1C(Nc1ccccn1)C(c1ccccn1)C(O)c1ccccc1)C(O)C(O)C(O)C(O)CO. The van der Waals surface area contributed by atoms with Gasteiger partial charge >= 0.3 is 0 Å². The number of nitrogens with one attached hydrogen (secondary N) is 3. The van der Waals surface area contributed by atoms with Gasteiger partial charge in [0.1, 0.15) is 24.1 Å². The fourth-order valence-electron chi connectivity index (χ4n) is 5.15. The van der Waals surface area contributed by atoms with Gasteiger partial charge in [-0.15, -0.1) is 0 Å². The first kappa shape index (κ1) is 34.4. The lowest BCUT2D eigenvalue weighted by atomic mass is 9.82.